The number of aromatic nitrogens is 3. The normalized spacial score (nSPS) is 11.7. The van der Waals surface area contributed by atoms with Crippen LogP contribution in [-0.4, -0.2) is 14.5 Å². The number of benzene rings is 2. The Balaban J connectivity index is 2.04. The van der Waals surface area contributed by atoms with Crippen LogP contribution in [-0.2, 0) is 6.54 Å². The Morgan fingerprint density at radius 3 is 2.57 bits per heavy atom. The fraction of sp³-hybridized carbons (Fsp3) is 0.263. The van der Waals surface area contributed by atoms with Crippen molar-refractivity contribution in [3.63, 3.8) is 0 Å². The predicted molar refractivity (Wildman–Crippen MR) is 97.1 cm³/mol. The number of hydrogen-bond donors (Lipinski definition) is 0. The second-order valence-corrected chi connectivity index (χ2v) is 6.34. The molecule has 0 aliphatic carbocycles. The standard InChI is InChI=1S/C19H18ClN3/c1-2-3-6-11-23-17-10-9-13(20)12-14(17)18-19(23)22-16-8-5-4-7-15(16)21-18/h4-5,7-10,12H,2-3,6,11H2,1H3. The lowest BCUT2D eigenvalue weighted by atomic mass is 10.2. The predicted octanol–water partition coefficient (Wildman–Crippen LogP) is 5.58. The SMILES string of the molecule is CCCCCn1c2ccc(Cl)cc2c2nc3ccccc3nc21. The van der Waals surface area contributed by atoms with Crippen LogP contribution in [0.25, 0.3) is 33.1 Å². The number of fused-ring (bicyclic) bond motifs is 4. The van der Waals surface area contributed by atoms with Crippen molar-refractivity contribution in [3.8, 4) is 0 Å². The molecule has 0 radical (unpaired) electrons. The number of nitrogens with zero attached hydrogens (tertiary/aromatic N) is 3. The van der Waals surface area contributed by atoms with Gasteiger partial charge in [0, 0.05) is 17.0 Å². The molecule has 0 saturated heterocycles. The lowest BCUT2D eigenvalue weighted by molar-refractivity contribution is 0.625. The Hall–Kier alpha value is -2.13. The molecule has 2 aromatic heterocycles. The van der Waals surface area contributed by atoms with Crippen LogP contribution in [0.5, 0.6) is 0 Å². The van der Waals surface area contributed by atoms with E-state index >= 15 is 0 Å². The second-order valence-electron chi connectivity index (χ2n) is 5.90. The molecule has 3 nitrogen and oxygen atoms in total. The highest BCUT2D eigenvalue weighted by atomic mass is 35.5. The minimum absolute atomic E-state index is 0.736. The van der Waals surface area contributed by atoms with Gasteiger partial charge < -0.3 is 4.57 Å². The van der Waals surface area contributed by atoms with Crippen LogP contribution in [0.2, 0.25) is 5.02 Å². The molecule has 2 aromatic carbocycles. The number of hydrogen-bond acceptors (Lipinski definition) is 2. The van der Waals surface area contributed by atoms with Crippen LogP contribution in [0.4, 0.5) is 0 Å². The summed E-state index contributed by atoms with van der Waals surface area (Å²) in [5.74, 6) is 0. The molecule has 0 fully saturated rings. The molecule has 116 valence electrons. The van der Waals surface area contributed by atoms with E-state index in [4.69, 9.17) is 21.6 Å². The van der Waals surface area contributed by atoms with Crippen LogP contribution in [0.3, 0.4) is 0 Å². The van der Waals surface area contributed by atoms with Gasteiger partial charge in [0.25, 0.3) is 0 Å². The average molecular weight is 324 g/mol. The number of unbranched alkanes of at least 4 members (excludes halogenated alkanes) is 2. The van der Waals surface area contributed by atoms with Crippen molar-refractivity contribution in [2.45, 2.75) is 32.7 Å². The molecule has 0 atom stereocenters. The third kappa shape index (κ3) is 2.45. The van der Waals surface area contributed by atoms with Gasteiger partial charge in [-0.05, 0) is 36.8 Å². The molecule has 0 saturated carbocycles. The summed E-state index contributed by atoms with van der Waals surface area (Å²) in [6.45, 7) is 3.18. The Morgan fingerprint density at radius 2 is 1.78 bits per heavy atom. The zero-order chi connectivity index (χ0) is 15.8. The maximum Gasteiger partial charge on any atom is 0.160 e. The first kappa shape index (κ1) is 14.5. The highest BCUT2D eigenvalue weighted by molar-refractivity contribution is 6.31. The van der Waals surface area contributed by atoms with Gasteiger partial charge in [-0.3, -0.25) is 0 Å². The van der Waals surface area contributed by atoms with E-state index in [2.05, 4.69) is 17.6 Å². The number of para-hydroxylation sites is 2. The van der Waals surface area contributed by atoms with Crippen molar-refractivity contribution in [1.29, 1.82) is 0 Å². The van der Waals surface area contributed by atoms with Gasteiger partial charge >= 0.3 is 0 Å². The molecule has 2 heterocycles. The Kier molecular flexibility index (Phi) is 3.66. The number of rotatable bonds is 4. The van der Waals surface area contributed by atoms with Gasteiger partial charge in [0.1, 0.15) is 5.52 Å². The molecule has 4 aromatic rings. The number of aryl methyl sites for hydroxylation is 1. The van der Waals surface area contributed by atoms with Crippen molar-refractivity contribution in [2.24, 2.45) is 0 Å². The summed E-state index contributed by atoms with van der Waals surface area (Å²) in [5.41, 5.74) is 4.92. The summed E-state index contributed by atoms with van der Waals surface area (Å²) in [5, 5.41) is 1.82. The quantitative estimate of drug-likeness (QED) is 0.459. The van der Waals surface area contributed by atoms with Crippen molar-refractivity contribution in [2.75, 3.05) is 0 Å². The van der Waals surface area contributed by atoms with Gasteiger partial charge in [-0.1, -0.05) is 43.5 Å². The molecule has 0 spiro atoms. The molecule has 0 N–H and O–H groups in total. The van der Waals surface area contributed by atoms with Gasteiger partial charge in [-0.25, -0.2) is 9.97 Å². The van der Waals surface area contributed by atoms with Crippen LogP contribution in [0, 0.1) is 0 Å². The van der Waals surface area contributed by atoms with E-state index in [1.165, 1.54) is 12.8 Å². The Labute approximate surface area is 139 Å². The van der Waals surface area contributed by atoms with E-state index in [9.17, 15) is 0 Å². The van der Waals surface area contributed by atoms with Crippen molar-refractivity contribution in [3.05, 3.63) is 47.5 Å². The second kappa shape index (κ2) is 5.82. The van der Waals surface area contributed by atoms with Crippen molar-refractivity contribution in [1.82, 2.24) is 14.5 Å². The first-order valence-electron chi connectivity index (χ1n) is 8.12. The lowest BCUT2D eigenvalue weighted by Crippen LogP contribution is -1.99. The molecular weight excluding hydrogens is 306 g/mol. The summed E-state index contributed by atoms with van der Waals surface area (Å²) < 4.78 is 2.29. The van der Waals surface area contributed by atoms with Gasteiger partial charge in [-0.2, -0.15) is 0 Å². The summed E-state index contributed by atoms with van der Waals surface area (Å²) in [7, 11) is 0. The van der Waals surface area contributed by atoms with Crippen LogP contribution in [0.15, 0.2) is 42.5 Å². The fourth-order valence-corrected chi connectivity index (χ4v) is 3.33. The minimum Gasteiger partial charge on any atom is -0.324 e. The van der Waals surface area contributed by atoms with E-state index in [1.54, 1.807) is 0 Å². The molecule has 0 bridgehead atoms. The number of halogens is 1. The lowest BCUT2D eigenvalue weighted by Gasteiger charge is -2.06. The van der Waals surface area contributed by atoms with Crippen LogP contribution in [0.1, 0.15) is 26.2 Å². The van der Waals surface area contributed by atoms with Gasteiger partial charge in [0.2, 0.25) is 0 Å². The van der Waals surface area contributed by atoms with Gasteiger partial charge in [0.15, 0.2) is 5.65 Å². The van der Waals surface area contributed by atoms with Gasteiger partial charge in [-0.15, -0.1) is 0 Å². The van der Waals surface area contributed by atoms with Crippen molar-refractivity contribution >= 4 is 44.7 Å². The average Bonchev–Trinajstić information content (AvgIpc) is 2.86. The van der Waals surface area contributed by atoms with E-state index < -0.39 is 0 Å². The zero-order valence-corrected chi connectivity index (χ0v) is 13.8. The zero-order valence-electron chi connectivity index (χ0n) is 13.1. The molecule has 23 heavy (non-hydrogen) atoms. The highest BCUT2D eigenvalue weighted by Crippen LogP contribution is 2.30. The smallest absolute Gasteiger partial charge is 0.160 e. The van der Waals surface area contributed by atoms with E-state index in [1.807, 2.05) is 36.4 Å². The van der Waals surface area contributed by atoms with Crippen molar-refractivity contribution < 1.29 is 0 Å². The fourth-order valence-electron chi connectivity index (χ4n) is 3.15. The molecule has 0 unspecified atom stereocenters. The molecule has 4 rings (SSSR count). The Morgan fingerprint density at radius 1 is 1.00 bits per heavy atom. The third-order valence-electron chi connectivity index (χ3n) is 4.30. The molecule has 4 heteroatoms. The van der Waals surface area contributed by atoms with E-state index in [-0.39, 0.29) is 0 Å². The minimum atomic E-state index is 0.736. The third-order valence-corrected chi connectivity index (χ3v) is 4.53. The molecule has 0 aliphatic heterocycles. The summed E-state index contributed by atoms with van der Waals surface area (Å²) in [6.07, 6.45) is 3.57. The molecular formula is C19H18ClN3. The topological polar surface area (TPSA) is 30.7 Å². The molecule has 0 amide bonds. The highest BCUT2D eigenvalue weighted by Gasteiger charge is 2.14. The first-order valence-corrected chi connectivity index (χ1v) is 8.50. The van der Waals surface area contributed by atoms with E-state index in [0.29, 0.717) is 0 Å². The largest absolute Gasteiger partial charge is 0.324 e. The summed E-state index contributed by atoms with van der Waals surface area (Å²) >= 11 is 6.22. The summed E-state index contributed by atoms with van der Waals surface area (Å²) in [4.78, 5) is 9.73. The van der Waals surface area contributed by atoms with Crippen LogP contribution >= 0.6 is 11.6 Å². The maximum absolute atomic E-state index is 6.22. The Bertz CT molecular complexity index is 1000. The maximum atomic E-state index is 6.22. The summed E-state index contributed by atoms with van der Waals surface area (Å²) in [6, 6.07) is 14.0. The first-order chi connectivity index (χ1) is 11.3. The molecule has 0 aliphatic rings. The van der Waals surface area contributed by atoms with E-state index in [0.717, 1.165) is 51.1 Å². The van der Waals surface area contributed by atoms with Gasteiger partial charge in [0.05, 0.1) is 16.6 Å². The van der Waals surface area contributed by atoms with Crippen LogP contribution < -0.4 is 0 Å². The monoisotopic (exact) mass is 323 g/mol.